The van der Waals surface area contributed by atoms with Crippen molar-refractivity contribution in [3.05, 3.63) is 40.6 Å². The molecule has 0 bridgehead atoms. The maximum absolute atomic E-state index is 10.1. The Kier molecular flexibility index (Phi) is 2.54. The van der Waals surface area contributed by atoms with Gasteiger partial charge in [-0.15, -0.1) is 0 Å². The summed E-state index contributed by atoms with van der Waals surface area (Å²) >= 11 is 6.04. The van der Waals surface area contributed by atoms with Crippen molar-refractivity contribution in [3.63, 3.8) is 0 Å². The Hall–Kier alpha value is -1.26. The zero-order valence-electron chi connectivity index (χ0n) is 8.44. The Bertz CT molecular complexity index is 462. The van der Waals surface area contributed by atoms with E-state index in [9.17, 15) is 5.11 Å². The van der Waals surface area contributed by atoms with Crippen LogP contribution in [0.3, 0.4) is 0 Å². The van der Waals surface area contributed by atoms with Gasteiger partial charge in [-0.3, -0.25) is 4.68 Å². The lowest BCUT2D eigenvalue weighted by atomic mass is 10.1. The van der Waals surface area contributed by atoms with Gasteiger partial charge in [0.25, 0.3) is 0 Å². The lowest BCUT2D eigenvalue weighted by molar-refractivity contribution is 0.218. The SMILES string of the molecule is Cc1nn(C)c(Cl)c1C(O)c1ccoc1. The number of rotatable bonds is 2. The Morgan fingerprint density at radius 2 is 2.33 bits per heavy atom. The topological polar surface area (TPSA) is 51.2 Å². The second-order valence-electron chi connectivity index (χ2n) is 3.37. The van der Waals surface area contributed by atoms with Gasteiger partial charge in [0.15, 0.2) is 0 Å². The van der Waals surface area contributed by atoms with Crippen molar-refractivity contribution in [3.8, 4) is 0 Å². The maximum atomic E-state index is 10.1. The lowest BCUT2D eigenvalue weighted by Crippen LogP contribution is -1.99. The van der Waals surface area contributed by atoms with Gasteiger partial charge in [-0.2, -0.15) is 5.10 Å². The molecule has 0 fully saturated rings. The fourth-order valence-corrected chi connectivity index (χ4v) is 1.83. The number of hydrogen-bond donors (Lipinski definition) is 1. The smallest absolute Gasteiger partial charge is 0.133 e. The summed E-state index contributed by atoms with van der Waals surface area (Å²) in [5.41, 5.74) is 2.02. The molecule has 0 aromatic carbocycles. The van der Waals surface area contributed by atoms with Crippen LogP contribution in [0, 0.1) is 6.92 Å². The van der Waals surface area contributed by atoms with Crippen molar-refractivity contribution in [1.29, 1.82) is 0 Å². The fraction of sp³-hybridized carbons (Fsp3) is 0.300. The molecule has 1 atom stereocenters. The average Bonchev–Trinajstić information content (AvgIpc) is 2.76. The quantitative estimate of drug-likeness (QED) is 0.853. The van der Waals surface area contributed by atoms with Crippen LogP contribution < -0.4 is 0 Å². The molecule has 5 heteroatoms. The normalized spacial score (nSPS) is 13.1. The molecular weight excluding hydrogens is 216 g/mol. The highest BCUT2D eigenvalue weighted by molar-refractivity contribution is 6.30. The van der Waals surface area contributed by atoms with Gasteiger partial charge in [-0.05, 0) is 13.0 Å². The first-order valence-corrected chi connectivity index (χ1v) is 4.88. The number of furan rings is 1. The number of aliphatic hydroxyl groups is 1. The summed E-state index contributed by atoms with van der Waals surface area (Å²) < 4.78 is 6.45. The van der Waals surface area contributed by atoms with Crippen LogP contribution in [0.1, 0.15) is 22.9 Å². The molecule has 15 heavy (non-hydrogen) atoms. The summed E-state index contributed by atoms with van der Waals surface area (Å²) in [5.74, 6) is 0. The monoisotopic (exact) mass is 226 g/mol. The average molecular weight is 227 g/mol. The molecule has 1 unspecified atom stereocenters. The van der Waals surface area contributed by atoms with Crippen LogP contribution in [0.5, 0.6) is 0 Å². The molecule has 2 aromatic rings. The van der Waals surface area contributed by atoms with Crippen LogP contribution in [-0.4, -0.2) is 14.9 Å². The van der Waals surface area contributed by atoms with Crippen molar-refractivity contribution < 1.29 is 9.52 Å². The minimum atomic E-state index is -0.787. The number of aryl methyl sites for hydroxylation is 2. The van der Waals surface area contributed by atoms with E-state index in [2.05, 4.69) is 5.10 Å². The van der Waals surface area contributed by atoms with Crippen LogP contribution in [0.15, 0.2) is 23.0 Å². The summed E-state index contributed by atoms with van der Waals surface area (Å²) in [4.78, 5) is 0. The van der Waals surface area contributed by atoms with E-state index >= 15 is 0 Å². The molecular formula is C10H11ClN2O2. The molecule has 2 heterocycles. The van der Waals surface area contributed by atoms with E-state index in [1.54, 1.807) is 13.1 Å². The molecule has 0 saturated carbocycles. The summed E-state index contributed by atoms with van der Waals surface area (Å²) in [6, 6.07) is 1.70. The highest BCUT2D eigenvalue weighted by Gasteiger charge is 2.21. The molecule has 2 aromatic heterocycles. The minimum Gasteiger partial charge on any atom is -0.472 e. The highest BCUT2D eigenvalue weighted by atomic mass is 35.5. The fourth-order valence-electron chi connectivity index (χ4n) is 1.55. The Morgan fingerprint density at radius 3 is 2.80 bits per heavy atom. The lowest BCUT2D eigenvalue weighted by Gasteiger charge is -2.07. The number of hydrogen-bond acceptors (Lipinski definition) is 3. The predicted molar refractivity (Wildman–Crippen MR) is 55.7 cm³/mol. The minimum absolute atomic E-state index is 0.446. The van der Waals surface area contributed by atoms with Crippen molar-refractivity contribution in [1.82, 2.24) is 9.78 Å². The van der Waals surface area contributed by atoms with Gasteiger partial charge in [0.05, 0.1) is 18.2 Å². The van der Waals surface area contributed by atoms with Gasteiger partial charge < -0.3 is 9.52 Å². The summed E-state index contributed by atoms with van der Waals surface area (Å²) in [6.07, 6.45) is 2.22. The largest absolute Gasteiger partial charge is 0.472 e. The zero-order chi connectivity index (χ0) is 11.0. The number of nitrogens with zero attached hydrogens (tertiary/aromatic N) is 2. The zero-order valence-corrected chi connectivity index (χ0v) is 9.19. The van der Waals surface area contributed by atoms with Crippen molar-refractivity contribution in [2.45, 2.75) is 13.0 Å². The van der Waals surface area contributed by atoms with Gasteiger partial charge in [-0.25, -0.2) is 0 Å². The molecule has 80 valence electrons. The van der Waals surface area contributed by atoms with Crippen molar-refractivity contribution >= 4 is 11.6 Å². The molecule has 0 aliphatic heterocycles. The second kappa shape index (κ2) is 3.72. The Morgan fingerprint density at radius 1 is 1.60 bits per heavy atom. The molecule has 0 spiro atoms. The van der Waals surface area contributed by atoms with Crippen LogP contribution >= 0.6 is 11.6 Å². The summed E-state index contributed by atoms with van der Waals surface area (Å²) in [5, 5.41) is 14.6. The van der Waals surface area contributed by atoms with E-state index in [1.807, 2.05) is 6.92 Å². The van der Waals surface area contributed by atoms with E-state index in [1.165, 1.54) is 17.2 Å². The van der Waals surface area contributed by atoms with Gasteiger partial charge in [-0.1, -0.05) is 11.6 Å². The van der Waals surface area contributed by atoms with Crippen LogP contribution in [0.2, 0.25) is 5.15 Å². The molecule has 4 nitrogen and oxygen atoms in total. The van der Waals surface area contributed by atoms with E-state index in [0.29, 0.717) is 16.3 Å². The molecule has 0 aliphatic carbocycles. The summed E-state index contributed by atoms with van der Waals surface area (Å²) in [7, 11) is 1.74. The third-order valence-corrected chi connectivity index (χ3v) is 2.78. The third-order valence-electron chi connectivity index (χ3n) is 2.33. The second-order valence-corrected chi connectivity index (χ2v) is 3.73. The van der Waals surface area contributed by atoms with Crippen LogP contribution in [0.25, 0.3) is 0 Å². The first-order valence-electron chi connectivity index (χ1n) is 4.50. The molecule has 0 saturated heterocycles. The standard InChI is InChI=1S/C10H11ClN2O2/c1-6-8(10(11)13(2)12-6)9(14)7-3-4-15-5-7/h3-5,9,14H,1-2H3. The first-order chi connectivity index (χ1) is 7.11. The van der Waals surface area contributed by atoms with Crippen LogP contribution in [-0.2, 0) is 7.05 Å². The third kappa shape index (κ3) is 1.66. The van der Waals surface area contributed by atoms with E-state index in [4.69, 9.17) is 16.0 Å². The number of halogens is 1. The summed E-state index contributed by atoms with van der Waals surface area (Å²) in [6.45, 7) is 1.81. The Balaban J connectivity index is 2.46. The van der Waals surface area contributed by atoms with Crippen molar-refractivity contribution in [2.75, 3.05) is 0 Å². The number of aromatic nitrogens is 2. The van der Waals surface area contributed by atoms with Gasteiger partial charge in [0, 0.05) is 18.2 Å². The van der Waals surface area contributed by atoms with E-state index < -0.39 is 6.10 Å². The van der Waals surface area contributed by atoms with Crippen LogP contribution in [0.4, 0.5) is 0 Å². The van der Waals surface area contributed by atoms with Gasteiger partial charge in [0.2, 0.25) is 0 Å². The first kappa shape index (κ1) is 10.3. The molecule has 0 radical (unpaired) electrons. The Labute approximate surface area is 92.1 Å². The molecule has 2 rings (SSSR count). The maximum Gasteiger partial charge on any atom is 0.133 e. The predicted octanol–water partition coefficient (Wildman–Crippen LogP) is 2.06. The highest BCUT2D eigenvalue weighted by Crippen LogP contribution is 2.30. The molecule has 1 N–H and O–H groups in total. The van der Waals surface area contributed by atoms with E-state index in [-0.39, 0.29) is 0 Å². The molecule has 0 aliphatic rings. The molecule has 0 amide bonds. The van der Waals surface area contributed by atoms with E-state index in [0.717, 1.165) is 5.69 Å². The van der Waals surface area contributed by atoms with Gasteiger partial charge >= 0.3 is 0 Å². The van der Waals surface area contributed by atoms with Gasteiger partial charge in [0.1, 0.15) is 11.3 Å². The van der Waals surface area contributed by atoms with Crippen molar-refractivity contribution in [2.24, 2.45) is 7.05 Å². The number of aliphatic hydroxyl groups excluding tert-OH is 1.